The van der Waals surface area contributed by atoms with E-state index in [9.17, 15) is 9.59 Å². The Morgan fingerprint density at radius 2 is 2.05 bits per heavy atom. The number of hydrogen-bond donors (Lipinski definition) is 0. The standard InChI is InChI=1S/C18H22O3S/c1-4-15(2)13-18(3,22-12-8-11-19)17(20)21-14-16-9-6-5-7-10-16/h4-7,9-11,13H,1,8,12,14H2,2-3H3/b15-13+/t18-/m1/s1. The maximum absolute atomic E-state index is 12.5. The van der Waals surface area contributed by atoms with Crippen molar-refractivity contribution < 1.29 is 14.3 Å². The van der Waals surface area contributed by atoms with E-state index in [0.717, 1.165) is 17.4 Å². The molecule has 0 fully saturated rings. The highest BCUT2D eigenvalue weighted by Crippen LogP contribution is 2.30. The summed E-state index contributed by atoms with van der Waals surface area (Å²) >= 11 is 1.41. The Labute approximate surface area is 136 Å². The first kappa shape index (κ1) is 18.2. The van der Waals surface area contributed by atoms with Crippen LogP contribution in [-0.4, -0.2) is 22.8 Å². The van der Waals surface area contributed by atoms with Crippen LogP contribution in [0.1, 0.15) is 25.8 Å². The number of carbonyl (C=O) groups is 2. The zero-order valence-corrected chi connectivity index (χ0v) is 13.9. The molecule has 22 heavy (non-hydrogen) atoms. The largest absolute Gasteiger partial charge is 0.460 e. The molecule has 0 aliphatic heterocycles. The van der Waals surface area contributed by atoms with Crippen molar-refractivity contribution in [1.82, 2.24) is 0 Å². The number of aldehydes is 1. The van der Waals surface area contributed by atoms with Crippen molar-refractivity contribution in [3.05, 3.63) is 60.2 Å². The first-order valence-electron chi connectivity index (χ1n) is 7.12. The van der Waals surface area contributed by atoms with Crippen LogP contribution in [0.3, 0.4) is 0 Å². The molecule has 0 saturated heterocycles. The molecule has 0 aliphatic rings. The lowest BCUT2D eigenvalue weighted by Gasteiger charge is -2.24. The Morgan fingerprint density at radius 1 is 1.36 bits per heavy atom. The number of esters is 1. The van der Waals surface area contributed by atoms with E-state index >= 15 is 0 Å². The molecular weight excluding hydrogens is 296 g/mol. The molecule has 0 N–H and O–H groups in total. The number of ether oxygens (including phenoxy) is 1. The number of carbonyl (C=O) groups excluding carboxylic acids is 2. The minimum atomic E-state index is -0.823. The highest BCUT2D eigenvalue weighted by atomic mass is 32.2. The van der Waals surface area contributed by atoms with Gasteiger partial charge in [0.25, 0.3) is 0 Å². The lowest BCUT2D eigenvalue weighted by atomic mass is 10.1. The van der Waals surface area contributed by atoms with Crippen LogP contribution < -0.4 is 0 Å². The summed E-state index contributed by atoms with van der Waals surface area (Å²) in [5, 5.41) is 0. The predicted molar refractivity (Wildman–Crippen MR) is 91.7 cm³/mol. The van der Waals surface area contributed by atoms with E-state index in [1.807, 2.05) is 50.3 Å². The number of thioether (sulfide) groups is 1. The fourth-order valence-corrected chi connectivity index (χ4v) is 2.92. The first-order valence-corrected chi connectivity index (χ1v) is 8.11. The number of allylic oxidation sites excluding steroid dienone is 2. The molecule has 1 atom stereocenters. The molecule has 0 aliphatic carbocycles. The van der Waals surface area contributed by atoms with Gasteiger partial charge in [-0.15, -0.1) is 11.8 Å². The summed E-state index contributed by atoms with van der Waals surface area (Å²) in [6, 6.07) is 9.55. The number of rotatable bonds is 9. The Morgan fingerprint density at radius 3 is 2.64 bits per heavy atom. The minimum Gasteiger partial charge on any atom is -0.460 e. The van der Waals surface area contributed by atoms with Crippen molar-refractivity contribution >= 4 is 24.0 Å². The van der Waals surface area contributed by atoms with Crippen LogP contribution >= 0.6 is 11.8 Å². The van der Waals surface area contributed by atoms with Gasteiger partial charge >= 0.3 is 5.97 Å². The van der Waals surface area contributed by atoms with Gasteiger partial charge in [0.2, 0.25) is 0 Å². The Balaban J connectivity index is 2.78. The van der Waals surface area contributed by atoms with E-state index in [-0.39, 0.29) is 12.6 Å². The van der Waals surface area contributed by atoms with E-state index in [1.54, 1.807) is 6.08 Å². The Kier molecular flexibility index (Phi) is 7.67. The Bertz CT molecular complexity index is 537. The zero-order chi connectivity index (χ0) is 16.4. The van der Waals surface area contributed by atoms with Crippen molar-refractivity contribution in [1.29, 1.82) is 0 Å². The summed E-state index contributed by atoms with van der Waals surface area (Å²) in [6.45, 7) is 7.64. The molecule has 3 nitrogen and oxygen atoms in total. The summed E-state index contributed by atoms with van der Waals surface area (Å²) in [5.41, 5.74) is 1.85. The van der Waals surface area contributed by atoms with Gasteiger partial charge in [0, 0.05) is 12.2 Å². The van der Waals surface area contributed by atoms with E-state index in [0.29, 0.717) is 12.2 Å². The number of hydrogen-bond acceptors (Lipinski definition) is 4. The van der Waals surface area contributed by atoms with Gasteiger partial charge in [-0.3, -0.25) is 4.79 Å². The van der Waals surface area contributed by atoms with Gasteiger partial charge in [-0.05, 0) is 19.4 Å². The summed E-state index contributed by atoms with van der Waals surface area (Å²) in [4.78, 5) is 23.0. The minimum absolute atomic E-state index is 0.241. The van der Waals surface area contributed by atoms with Gasteiger partial charge in [0.05, 0.1) is 0 Å². The summed E-state index contributed by atoms with van der Waals surface area (Å²) < 4.78 is 4.62. The molecule has 0 bridgehead atoms. The first-order chi connectivity index (χ1) is 10.5. The SMILES string of the molecule is C=C/C(C)=C/[C@@](C)(SCCC=O)C(=O)OCc1ccccc1. The molecule has 0 spiro atoms. The lowest BCUT2D eigenvalue weighted by Crippen LogP contribution is -2.32. The van der Waals surface area contributed by atoms with Crippen LogP contribution in [0.15, 0.2) is 54.6 Å². The quantitative estimate of drug-likeness (QED) is 0.299. The van der Waals surface area contributed by atoms with Crippen molar-refractivity contribution in [3.8, 4) is 0 Å². The second kappa shape index (κ2) is 9.26. The molecule has 0 heterocycles. The third kappa shape index (κ3) is 5.90. The summed E-state index contributed by atoms with van der Waals surface area (Å²) in [6.07, 6.45) is 4.80. The van der Waals surface area contributed by atoms with Crippen LogP contribution in [0.5, 0.6) is 0 Å². The summed E-state index contributed by atoms with van der Waals surface area (Å²) in [5.74, 6) is 0.259. The van der Waals surface area contributed by atoms with Gasteiger partial charge in [-0.2, -0.15) is 0 Å². The fourth-order valence-electron chi connectivity index (χ4n) is 1.84. The van der Waals surface area contributed by atoms with E-state index in [1.165, 1.54) is 11.8 Å². The van der Waals surface area contributed by atoms with Crippen molar-refractivity contribution in [2.45, 2.75) is 31.6 Å². The molecule has 118 valence electrons. The monoisotopic (exact) mass is 318 g/mol. The van der Waals surface area contributed by atoms with Crippen LogP contribution in [0.4, 0.5) is 0 Å². The van der Waals surface area contributed by atoms with Crippen molar-refractivity contribution in [2.24, 2.45) is 0 Å². The van der Waals surface area contributed by atoms with Gasteiger partial charge in [-0.1, -0.05) is 54.6 Å². The zero-order valence-electron chi connectivity index (χ0n) is 13.1. The van der Waals surface area contributed by atoms with Gasteiger partial charge in [0.15, 0.2) is 0 Å². The third-order valence-corrected chi connectivity index (χ3v) is 4.40. The fraction of sp³-hybridized carbons (Fsp3) is 0.333. The maximum Gasteiger partial charge on any atom is 0.326 e. The smallest absolute Gasteiger partial charge is 0.326 e. The predicted octanol–water partition coefficient (Wildman–Crippen LogP) is 3.94. The van der Waals surface area contributed by atoms with E-state index in [4.69, 9.17) is 4.74 Å². The van der Waals surface area contributed by atoms with Gasteiger partial charge < -0.3 is 9.53 Å². The van der Waals surface area contributed by atoms with E-state index in [2.05, 4.69) is 6.58 Å². The molecule has 1 aromatic carbocycles. The molecule has 4 heteroatoms. The molecule has 1 aromatic rings. The van der Waals surface area contributed by atoms with Gasteiger partial charge in [0.1, 0.15) is 17.6 Å². The molecule has 0 radical (unpaired) electrons. The lowest BCUT2D eigenvalue weighted by molar-refractivity contribution is -0.146. The van der Waals surface area contributed by atoms with Crippen LogP contribution in [0, 0.1) is 0 Å². The van der Waals surface area contributed by atoms with Crippen LogP contribution in [-0.2, 0) is 20.9 Å². The molecular formula is C18H22O3S. The van der Waals surface area contributed by atoms with Crippen molar-refractivity contribution in [2.75, 3.05) is 5.75 Å². The van der Waals surface area contributed by atoms with E-state index < -0.39 is 4.75 Å². The summed E-state index contributed by atoms with van der Waals surface area (Å²) in [7, 11) is 0. The normalized spacial score (nSPS) is 14.0. The van der Waals surface area contributed by atoms with Crippen LogP contribution in [0.2, 0.25) is 0 Å². The molecule has 1 rings (SSSR count). The Hall–Kier alpha value is -1.81. The average Bonchev–Trinajstić information content (AvgIpc) is 2.53. The second-order valence-corrected chi connectivity index (χ2v) is 6.61. The molecule has 0 amide bonds. The van der Waals surface area contributed by atoms with Gasteiger partial charge in [-0.25, -0.2) is 0 Å². The topological polar surface area (TPSA) is 43.4 Å². The highest BCUT2D eigenvalue weighted by Gasteiger charge is 2.33. The maximum atomic E-state index is 12.5. The highest BCUT2D eigenvalue weighted by molar-refractivity contribution is 8.01. The van der Waals surface area contributed by atoms with Crippen molar-refractivity contribution in [3.63, 3.8) is 0 Å². The average molecular weight is 318 g/mol. The number of benzene rings is 1. The molecule has 0 saturated carbocycles. The van der Waals surface area contributed by atoms with Crippen LogP contribution in [0.25, 0.3) is 0 Å². The second-order valence-electron chi connectivity index (χ2n) is 5.07. The third-order valence-electron chi connectivity index (χ3n) is 3.08. The molecule has 0 aromatic heterocycles. The molecule has 0 unspecified atom stereocenters.